The molecule has 0 bridgehead atoms. The summed E-state index contributed by atoms with van der Waals surface area (Å²) in [6, 6.07) is 0. The van der Waals surface area contributed by atoms with Crippen molar-refractivity contribution in [2.75, 3.05) is 13.1 Å². The van der Waals surface area contributed by atoms with Crippen LogP contribution in [-0.2, 0) is 0 Å². The smallest absolute Gasteiger partial charge is 0.0288 e. The van der Waals surface area contributed by atoms with E-state index >= 15 is 0 Å². The average molecular weight is 212 g/mol. The maximum atomic E-state index is 3.55. The Morgan fingerprint density at radius 3 is 2.00 bits per heavy atom. The Balaban J connectivity index is 3.10. The van der Waals surface area contributed by atoms with Crippen LogP contribution in [0.25, 0.3) is 0 Å². The van der Waals surface area contributed by atoms with Gasteiger partial charge in [-0.3, -0.25) is 4.90 Å². The van der Waals surface area contributed by atoms with Gasteiger partial charge in [0.1, 0.15) is 0 Å². The Labute approximate surface area is 95.4 Å². The predicted molar refractivity (Wildman–Crippen MR) is 67.2 cm³/mol. The van der Waals surface area contributed by atoms with Crippen LogP contribution in [0.2, 0.25) is 0 Å². The summed E-state index contributed by atoms with van der Waals surface area (Å²) >= 11 is 0. The molecule has 0 saturated carbocycles. The van der Waals surface area contributed by atoms with Gasteiger partial charge in [-0.05, 0) is 61.4 Å². The highest BCUT2D eigenvalue weighted by molar-refractivity contribution is 5.02. The van der Waals surface area contributed by atoms with E-state index in [1.807, 2.05) is 0 Å². The summed E-state index contributed by atoms with van der Waals surface area (Å²) in [6.07, 6.45) is 1.22. The highest BCUT2D eigenvalue weighted by Crippen LogP contribution is 2.36. The van der Waals surface area contributed by atoms with Crippen molar-refractivity contribution in [1.29, 1.82) is 0 Å². The van der Waals surface area contributed by atoms with E-state index < -0.39 is 0 Å². The molecule has 1 aliphatic rings. The predicted octanol–water partition coefficient (Wildman–Crippen LogP) is 2.64. The zero-order valence-electron chi connectivity index (χ0n) is 11.6. The molecule has 1 fully saturated rings. The lowest BCUT2D eigenvalue weighted by Crippen LogP contribution is -2.64. The molecular formula is C13H28N2. The van der Waals surface area contributed by atoms with E-state index in [2.05, 4.69) is 58.7 Å². The van der Waals surface area contributed by atoms with Crippen molar-refractivity contribution in [1.82, 2.24) is 10.2 Å². The van der Waals surface area contributed by atoms with E-state index in [-0.39, 0.29) is 16.6 Å². The van der Waals surface area contributed by atoms with E-state index in [9.17, 15) is 0 Å². The second-order valence-electron chi connectivity index (χ2n) is 7.06. The molecule has 0 radical (unpaired) electrons. The summed E-state index contributed by atoms with van der Waals surface area (Å²) in [7, 11) is 0. The number of nitrogens with one attached hydrogen (secondary N) is 1. The lowest BCUT2D eigenvalue weighted by Gasteiger charge is -2.54. The second kappa shape index (κ2) is 3.74. The van der Waals surface area contributed by atoms with Crippen molar-refractivity contribution < 1.29 is 0 Å². The zero-order valence-corrected chi connectivity index (χ0v) is 11.6. The van der Waals surface area contributed by atoms with Crippen LogP contribution in [0.15, 0.2) is 0 Å². The molecule has 1 aliphatic heterocycles. The van der Waals surface area contributed by atoms with Gasteiger partial charge in [0, 0.05) is 23.2 Å². The van der Waals surface area contributed by atoms with E-state index in [0.717, 1.165) is 13.1 Å². The van der Waals surface area contributed by atoms with Gasteiger partial charge in [-0.1, -0.05) is 0 Å². The number of nitrogens with zero attached hydrogens (tertiary/aromatic N) is 1. The Bertz CT molecular complexity index is 205. The molecular weight excluding hydrogens is 184 g/mol. The van der Waals surface area contributed by atoms with Gasteiger partial charge in [0.05, 0.1) is 0 Å². The summed E-state index contributed by atoms with van der Waals surface area (Å²) in [5.74, 6) is 0. The third-order valence-electron chi connectivity index (χ3n) is 3.35. The Hall–Kier alpha value is -0.0800. The molecule has 0 aromatic carbocycles. The molecule has 2 heteroatoms. The first-order chi connectivity index (χ1) is 6.57. The van der Waals surface area contributed by atoms with Crippen molar-refractivity contribution in [2.45, 2.75) is 71.5 Å². The van der Waals surface area contributed by atoms with Gasteiger partial charge in [0.2, 0.25) is 0 Å². The summed E-state index contributed by atoms with van der Waals surface area (Å²) in [4.78, 5) is 2.67. The lowest BCUT2D eigenvalue weighted by atomic mass is 9.85. The molecule has 0 aliphatic carbocycles. The fourth-order valence-corrected chi connectivity index (χ4v) is 3.61. The summed E-state index contributed by atoms with van der Waals surface area (Å²) in [5.41, 5.74) is 0.711. The second-order valence-corrected chi connectivity index (χ2v) is 7.06. The fourth-order valence-electron chi connectivity index (χ4n) is 3.61. The van der Waals surface area contributed by atoms with Crippen molar-refractivity contribution in [2.24, 2.45) is 0 Å². The summed E-state index contributed by atoms with van der Waals surface area (Å²) in [6.45, 7) is 18.6. The van der Waals surface area contributed by atoms with Gasteiger partial charge in [-0.2, -0.15) is 0 Å². The minimum atomic E-state index is 0.220. The van der Waals surface area contributed by atoms with Gasteiger partial charge in [-0.15, -0.1) is 0 Å². The molecule has 1 heterocycles. The molecule has 0 atom stereocenters. The van der Waals surface area contributed by atoms with Crippen LogP contribution in [0.3, 0.4) is 0 Å². The standard InChI is InChI=1S/C13H28N2/c1-11(2,3)15-12(4,5)8-9-14-10-13(15,6)7/h14H,8-10H2,1-7H3. The molecule has 1 saturated heterocycles. The third-order valence-corrected chi connectivity index (χ3v) is 3.35. The van der Waals surface area contributed by atoms with Crippen LogP contribution < -0.4 is 5.32 Å². The number of hydrogen-bond donors (Lipinski definition) is 1. The highest BCUT2D eigenvalue weighted by atomic mass is 15.3. The molecule has 15 heavy (non-hydrogen) atoms. The van der Waals surface area contributed by atoms with E-state index in [1.165, 1.54) is 6.42 Å². The molecule has 2 nitrogen and oxygen atoms in total. The van der Waals surface area contributed by atoms with E-state index in [4.69, 9.17) is 0 Å². The van der Waals surface area contributed by atoms with Gasteiger partial charge in [0.25, 0.3) is 0 Å². The molecule has 0 unspecified atom stereocenters. The highest BCUT2D eigenvalue weighted by Gasteiger charge is 2.44. The molecule has 0 amide bonds. The minimum Gasteiger partial charge on any atom is -0.315 e. The molecule has 90 valence electrons. The quantitative estimate of drug-likeness (QED) is 0.664. The SMILES string of the molecule is CC(C)(C)N1C(C)(C)CCNCC1(C)C. The molecule has 1 N–H and O–H groups in total. The molecule has 0 spiro atoms. The third kappa shape index (κ3) is 2.73. The van der Waals surface area contributed by atoms with E-state index in [0.29, 0.717) is 0 Å². The van der Waals surface area contributed by atoms with Crippen molar-refractivity contribution in [3.63, 3.8) is 0 Å². The number of rotatable bonds is 0. The minimum absolute atomic E-state index is 0.220. The molecule has 1 rings (SSSR count). The van der Waals surface area contributed by atoms with Crippen LogP contribution in [0.5, 0.6) is 0 Å². The Morgan fingerprint density at radius 2 is 1.53 bits per heavy atom. The van der Waals surface area contributed by atoms with Crippen LogP contribution >= 0.6 is 0 Å². The maximum Gasteiger partial charge on any atom is 0.0288 e. The Morgan fingerprint density at radius 1 is 1.00 bits per heavy atom. The topological polar surface area (TPSA) is 15.3 Å². The fraction of sp³-hybridized carbons (Fsp3) is 1.00. The van der Waals surface area contributed by atoms with Crippen LogP contribution in [0.1, 0.15) is 54.9 Å². The van der Waals surface area contributed by atoms with Gasteiger partial charge < -0.3 is 5.32 Å². The van der Waals surface area contributed by atoms with Crippen molar-refractivity contribution >= 4 is 0 Å². The first-order valence-electron chi connectivity index (χ1n) is 6.09. The van der Waals surface area contributed by atoms with Gasteiger partial charge >= 0.3 is 0 Å². The maximum absolute atomic E-state index is 3.55. The van der Waals surface area contributed by atoms with Crippen LogP contribution in [0.4, 0.5) is 0 Å². The van der Waals surface area contributed by atoms with E-state index in [1.54, 1.807) is 0 Å². The molecule has 0 aromatic heterocycles. The van der Waals surface area contributed by atoms with Gasteiger partial charge in [0.15, 0.2) is 0 Å². The molecule has 0 aromatic rings. The Kier molecular flexibility index (Phi) is 3.24. The normalized spacial score (nSPS) is 27.4. The first kappa shape index (κ1) is 13.0. The first-order valence-corrected chi connectivity index (χ1v) is 6.09. The largest absolute Gasteiger partial charge is 0.315 e. The van der Waals surface area contributed by atoms with Crippen LogP contribution in [-0.4, -0.2) is 34.6 Å². The lowest BCUT2D eigenvalue weighted by molar-refractivity contribution is -0.0483. The summed E-state index contributed by atoms with van der Waals surface area (Å²) in [5, 5.41) is 3.55. The summed E-state index contributed by atoms with van der Waals surface area (Å²) < 4.78 is 0. The van der Waals surface area contributed by atoms with Crippen molar-refractivity contribution in [3.8, 4) is 0 Å². The average Bonchev–Trinajstić information content (AvgIpc) is 2.02. The van der Waals surface area contributed by atoms with Gasteiger partial charge in [-0.25, -0.2) is 0 Å². The zero-order chi connectivity index (χ0) is 11.9. The number of hydrogen-bond acceptors (Lipinski definition) is 2. The van der Waals surface area contributed by atoms with Crippen molar-refractivity contribution in [3.05, 3.63) is 0 Å². The van der Waals surface area contributed by atoms with Crippen LogP contribution in [0, 0.1) is 0 Å². The monoisotopic (exact) mass is 212 g/mol.